The number of rotatable bonds is 2. The molecule has 2 heterocycles. The molecule has 2 rings (SSSR count). The topological polar surface area (TPSA) is 58.6 Å². The highest BCUT2D eigenvalue weighted by atomic mass is 16.5. The van der Waals surface area contributed by atoms with E-state index in [1.807, 2.05) is 0 Å². The molecule has 2 aliphatic rings. The van der Waals surface area contributed by atoms with Crippen LogP contribution in [0.4, 0.5) is 0 Å². The van der Waals surface area contributed by atoms with Gasteiger partial charge in [0.15, 0.2) is 0 Å². The zero-order chi connectivity index (χ0) is 13.7. The van der Waals surface area contributed by atoms with Gasteiger partial charge in [0.25, 0.3) is 0 Å². The van der Waals surface area contributed by atoms with Crippen molar-refractivity contribution in [2.45, 2.75) is 32.6 Å². The van der Waals surface area contributed by atoms with Gasteiger partial charge in [-0.25, -0.2) is 4.79 Å². The Morgan fingerprint density at radius 1 is 1.11 bits per heavy atom. The third-order valence-corrected chi connectivity index (χ3v) is 4.33. The van der Waals surface area contributed by atoms with Gasteiger partial charge in [-0.2, -0.15) is 0 Å². The smallest absolute Gasteiger partial charge is 0.397 e. The molecule has 0 spiro atoms. The molecule has 2 aliphatic heterocycles. The summed E-state index contributed by atoms with van der Waals surface area (Å²) in [6.07, 6.45) is 4.54. The highest BCUT2D eigenvalue weighted by Crippen LogP contribution is 2.30. The lowest BCUT2D eigenvalue weighted by Gasteiger charge is -2.37. The van der Waals surface area contributed by atoms with Gasteiger partial charge in [-0.1, -0.05) is 0 Å². The van der Waals surface area contributed by atoms with Crippen LogP contribution in [0.2, 0.25) is 0 Å². The highest BCUT2D eigenvalue weighted by molar-refractivity contribution is 6.32. The Balaban J connectivity index is 1.78. The summed E-state index contributed by atoms with van der Waals surface area (Å²) < 4.78 is 4.76. The molecule has 2 saturated heterocycles. The van der Waals surface area contributed by atoms with Crippen molar-refractivity contribution in [3.63, 3.8) is 0 Å². The summed E-state index contributed by atoms with van der Waals surface area (Å²) >= 11 is 0. The Kier molecular flexibility index (Phi) is 5.19. The second-order valence-electron chi connectivity index (χ2n) is 5.44. The van der Waals surface area contributed by atoms with E-state index in [-0.39, 0.29) is 6.61 Å². The van der Waals surface area contributed by atoms with E-state index in [2.05, 4.69) is 5.32 Å². The molecule has 0 bridgehead atoms. The van der Waals surface area contributed by atoms with Gasteiger partial charge in [-0.05, 0) is 57.5 Å². The standard InChI is InChI=1S/C14H24N2O3/c1-2-19-14(18)13(17)16-9-5-12(6-10-16)11-3-7-15-8-4-11/h11-12,15H,2-10H2,1H3. The summed E-state index contributed by atoms with van der Waals surface area (Å²) in [5.41, 5.74) is 0. The average molecular weight is 268 g/mol. The van der Waals surface area contributed by atoms with Gasteiger partial charge in [0.2, 0.25) is 0 Å². The molecule has 0 aromatic carbocycles. The van der Waals surface area contributed by atoms with Crippen LogP contribution >= 0.6 is 0 Å². The van der Waals surface area contributed by atoms with E-state index in [0.717, 1.165) is 31.8 Å². The number of carbonyl (C=O) groups is 2. The van der Waals surface area contributed by atoms with Gasteiger partial charge >= 0.3 is 11.9 Å². The molecule has 0 aromatic rings. The summed E-state index contributed by atoms with van der Waals surface area (Å²) in [5.74, 6) is 0.336. The first kappa shape index (κ1) is 14.3. The number of amides is 1. The molecule has 0 unspecified atom stereocenters. The fourth-order valence-electron chi connectivity index (χ4n) is 3.21. The molecule has 0 saturated carbocycles. The van der Waals surface area contributed by atoms with Crippen LogP contribution < -0.4 is 5.32 Å². The number of piperidine rings is 2. The minimum atomic E-state index is -0.706. The van der Waals surface area contributed by atoms with Crippen molar-refractivity contribution in [2.75, 3.05) is 32.8 Å². The Morgan fingerprint density at radius 3 is 2.26 bits per heavy atom. The molecule has 5 heteroatoms. The van der Waals surface area contributed by atoms with E-state index in [9.17, 15) is 9.59 Å². The number of nitrogens with one attached hydrogen (secondary N) is 1. The first-order chi connectivity index (χ1) is 9.22. The molecule has 1 N–H and O–H groups in total. The van der Waals surface area contributed by atoms with Crippen molar-refractivity contribution in [2.24, 2.45) is 11.8 Å². The number of likely N-dealkylation sites (tertiary alicyclic amines) is 1. The summed E-state index contributed by atoms with van der Waals surface area (Å²) in [4.78, 5) is 24.9. The minimum Gasteiger partial charge on any atom is -0.459 e. The monoisotopic (exact) mass is 268 g/mol. The van der Waals surface area contributed by atoms with Crippen LogP contribution in [0.15, 0.2) is 0 Å². The number of carbonyl (C=O) groups excluding carboxylic acids is 2. The molecular weight excluding hydrogens is 244 g/mol. The largest absolute Gasteiger partial charge is 0.459 e. The maximum Gasteiger partial charge on any atom is 0.397 e. The van der Waals surface area contributed by atoms with Crippen LogP contribution in [0, 0.1) is 11.8 Å². The van der Waals surface area contributed by atoms with E-state index >= 15 is 0 Å². The number of esters is 1. The van der Waals surface area contributed by atoms with Gasteiger partial charge in [-0.3, -0.25) is 4.79 Å². The maximum atomic E-state index is 11.8. The van der Waals surface area contributed by atoms with Crippen LogP contribution in [0.25, 0.3) is 0 Å². The van der Waals surface area contributed by atoms with Crippen molar-refractivity contribution in [3.05, 3.63) is 0 Å². The van der Waals surface area contributed by atoms with E-state index in [4.69, 9.17) is 4.74 Å². The number of nitrogens with zero attached hydrogens (tertiary/aromatic N) is 1. The highest BCUT2D eigenvalue weighted by Gasteiger charge is 2.31. The van der Waals surface area contributed by atoms with Gasteiger partial charge in [0.05, 0.1) is 6.61 Å². The maximum absolute atomic E-state index is 11.8. The fourth-order valence-corrected chi connectivity index (χ4v) is 3.21. The summed E-state index contributed by atoms with van der Waals surface area (Å²) in [6, 6.07) is 0. The zero-order valence-corrected chi connectivity index (χ0v) is 11.7. The van der Waals surface area contributed by atoms with Crippen LogP contribution in [0.5, 0.6) is 0 Å². The van der Waals surface area contributed by atoms with Gasteiger partial charge in [-0.15, -0.1) is 0 Å². The number of hydrogen-bond donors (Lipinski definition) is 1. The molecule has 0 atom stereocenters. The van der Waals surface area contributed by atoms with Gasteiger partial charge in [0, 0.05) is 13.1 Å². The molecule has 2 fully saturated rings. The predicted octanol–water partition coefficient (Wildman–Crippen LogP) is 0.788. The molecular formula is C14H24N2O3. The van der Waals surface area contributed by atoms with E-state index in [1.165, 1.54) is 12.8 Å². The zero-order valence-electron chi connectivity index (χ0n) is 11.7. The lowest BCUT2D eigenvalue weighted by atomic mass is 9.79. The second-order valence-corrected chi connectivity index (χ2v) is 5.44. The van der Waals surface area contributed by atoms with Crippen molar-refractivity contribution in [1.82, 2.24) is 10.2 Å². The lowest BCUT2D eigenvalue weighted by Crippen LogP contribution is -2.44. The van der Waals surface area contributed by atoms with Crippen LogP contribution in [0.1, 0.15) is 32.6 Å². The minimum absolute atomic E-state index is 0.260. The van der Waals surface area contributed by atoms with Crippen LogP contribution in [-0.2, 0) is 14.3 Å². The second kappa shape index (κ2) is 6.89. The van der Waals surface area contributed by atoms with Crippen molar-refractivity contribution >= 4 is 11.9 Å². The number of ether oxygens (including phenoxy) is 1. The molecule has 0 aromatic heterocycles. The van der Waals surface area contributed by atoms with E-state index in [0.29, 0.717) is 19.0 Å². The molecule has 108 valence electrons. The fraction of sp³-hybridized carbons (Fsp3) is 0.857. The Hall–Kier alpha value is -1.10. The van der Waals surface area contributed by atoms with E-state index in [1.54, 1.807) is 11.8 Å². The first-order valence-electron chi connectivity index (χ1n) is 7.39. The summed E-state index contributed by atoms with van der Waals surface area (Å²) in [6.45, 7) is 5.61. The van der Waals surface area contributed by atoms with E-state index < -0.39 is 11.9 Å². The van der Waals surface area contributed by atoms with Crippen molar-refractivity contribution < 1.29 is 14.3 Å². The Morgan fingerprint density at radius 2 is 1.68 bits per heavy atom. The quantitative estimate of drug-likeness (QED) is 0.594. The summed E-state index contributed by atoms with van der Waals surface area (Å²) in [7, 11) is 0. The third kappa shape index (κ3) is 3.69. The van der Waals surface area contributed by atoms with Crippen LogP contribution in [0.3, 0.4) is 0 Å². The van der Waals surface area contributed by atoms with Crippen molar-refractivity contribution in [1.29, 1.82) is 0 Å². The molecule has 0 radical (unpaired) electrons. The normalized spacial score (nSPS) is 22.3. The molecule has 19 heavy (non-hydrogen) atoms. The average Bonchev–Trinajstić information content (AvgIpc) is 2.48. The first-order valence-corrected chi connectivity index (χ1v) is 7.39. The lowest BCUT2D eigenvalue weighted by molar-refractivity contribution is -0.160. The number of hydrogen-bond acceptors (Lipinski definition) is 4. The van der Waals surface area contributed by atoms with Crippen LogP contribution in [-0.4, -0.2) is 49.6 Å². The Bertz CT molecular complexity index is 319. The molecule has 5 nitrogen and oxygen atoms in total. The van der Waals surface area contributed by atoms with Gasteiger partial charge < -0.3 is 15.0 Å². The molecule has 0 aliphatic carbocycles. The van der Waals surface area contributed by atoms with Gasteiger partial charge in [0.1, 0.15) is 0 Å². The SMILES string of the molecule is CCOC(=O)C(=O)N1CCC(C2CCNCC2)CC1. The molecule has 1 amide bonds. The third-order valence-electron chi connectivity index (χ3n) is 4.33. The summed E-state index contributed by atoms with van der Waals surface area (Å²) in [5, 5.41) is 3.38. The predicted molar refractivity (Wildman–Crippen MR) is 71.5 cm³/mol. The Labute approximate surface area is 114 Å². The van der Waals surface area contributed by atoms with Crippen molar-refractivity contribution in [3.8, 4) is 0 Å².